The van der Waals surface area contributed by atoms with Crippen LogP contribution < -0.4 is 0 Å². The highest BCUT2D eigenvalue weighted by Crippen LogP contribution is 2.49. The predicted molar refractivity (Wildman–Crippen MR) is 36.2 cm³/mol. The van der Waals surface area contributed by atoms with Crippen LogP contribution in [-0.2, 0) is 9.53 Å². The molecular formula is C8H7NO2. The van der Waals surface area contributed by atoms with E-state index in [0.717, 1.165) is 0 Å². The van der Waals surface area contributed by atoms with Gasteiger partial charge in [0.15, 0.2) is 5.76 Å². The van der Waals surface area contributed by atoms with Crippen molar-refractivity contribution in [2.75, 3.05) is 0 Å². The molecule has 0 amide bonds. The van der Waals surface area contributed by atoms with Crippen molar-refractivity contribution in [2.45, 2.75) is 13.0 Å². The van der Waals surface area contributed by atoms with Crippen LogP contribution in [0.2, 0.25) is 0 Å². The molecule has 56 valence electrons. The van der Waals surface area contributed by atoms with Crippen LogP contribution >= 0.6 is 0 Å². The first-order valence-electron chi connectivity index (χ1n) is 3.53. The number of rotatable bonds is 1. The van der Waals surface area contributed by atoms with Crippen molar-refractivity contribution in [1.82, 2.24) is 0 Å². The number of nitrogens with zero attached hydrogens (tertiary/aromatic N) is 1. The van der Waals surface area contributed by atoms with E-state index in [0.29, 0.717) is 5.76 Å². The van der Waals surface area contributed by atoms with E-state index in [4.69, 9.17) is 10.00 Å². The molecule has 2 rings (SSSR count). The highest BCUT2D eigenvalue weighted by atomic mass is 16.5. The Bertz CT molecular complexity index is 287. The molecule has 2 aliphatic rings. The van der Waals surface area contributed by atoms with Gasteiger partial charge in [0, 0.05) is 5.92 Å². The Morgan fingerprint density at radius 3 is 2.91 bits per heavy atom. The molecule has 1 saturated carbocycles. The topological polar surface area (TPSA) is 50.1 Å². The second-order valence-electron chi connectivity index (χ2n) is 2.94. The second-order valence-corrected chi connectivity index (χ2v) is 2.94. The van der Waals surface area contributed by atoms with Gasteiger partial charge in [-0.05, 0) is 13.0 Å². The minimum Gasteiger partial charge on any atom is -0.479 e. The molecule has 1 aliphatic carbocycles. The summed E-state index contributed by atoms with van der Waals surface area (Å²) in [5.74, 6) is 0.764. The van der Waals surface area contributed by atoms with E-state index in [-0.39, 0.29) is 23.7 Å². The van der Waals surface area contributed by atoms with Crippen LogP contribution in [0.25, 0.3) is 0 Å². The molecule has 0 aromatic rings. The van der Waals surface area contributed by atoms with Crippen molar-refractivity contribution in [2.24, 2.45) is 11.8 Å². The average molecular weight is 149 g/mol. The Kier molecular flexibility index (Phi) is 1.08. The zero-order chi connectivity index (χ0) is 8.01. The first kappa shape index (κ1) is 6.41. The van der Waals surface area contributed by atoms with Gasteiger partial charge in [0.2, 0.25) is 0 Å². The SMILES string of the molecule is CC(=O)[C@@H]1[C@H]2C=C(C#N)O[C@H]21. The number of carbonyl (C=O) groups excluding carboxylic acids is 1. The summed E-state index contributed by atoms with van der Waals surface area (Å²) in [4.78, 5) is 10.8. The first-order chi connectivity index (χ1) is 5.24. The number of Topliss-reactive ketones (excluding diaryl/α,β-unsaturated/α-hetero) is 1. The van der Waals surface area contributed by atoms with E-state index >= 15 is 0 Å². The lowest BCUT2D eigenvalue weighted by atomic mass is 10.2. The number of hydrogen-bond donors (Lipinski definition) is 0. The van der Waals surface area contributed by atoms with E-state index in [1.54, 1.807) is 13.0 Å². The van der Waals surface area contributed by atoms with Crippen molar-refractivity contribution in [1.29, 1.82) is 5.26 Å². The van der Waals surface area contributed by atoms with Crippen LogP contribution in [0.4, 0.5) is 0 Å². The van der Waals surface area contributed by atoms with Crippen LogP contribution in [0.15, 0.2) is 11.8 Å². The molecule has 0 aromatic carbocycles. The zero-order valence-electron chi connectivity index (χ0n) is 6.07. The summed E-state index contributed by atoms with van der Waals surface area (Å²) in [5, 5.41) is 8.40. The number of hydrogen-bond acceptors (Lipinski definition) is 3. The molecular weight excluding hydrogens is 142 g/mol. The van der Waals surface area contributed by atoms with Crippen molar-refractivity contribution in [3.05, 3.63) is 11.8 Å². The van der Waals surface area contributed by atoms with Crippen molar-refractivity contribution >= 4 is 5.78 Å². The van der Waals surface area contributed by atoms with Crippen LogP contribution in [0.1, 0.15) is 6.92 Å². The summed E-state index contributed by atoms with van der Waals surface area (Å²) >= 11 is 0. The lowest BCUT2D eigenvalue weighted by Crippen LogP contribution is -2.02. The van der Waals surface area contributed by atoms with Gasteiger partial charge in [-0.3, -0.25) is 4.79 Å². The molecule has 3 heteroatoms. The molecule has 0 spiro atoms. The van der Waals surface area contributed by atoms with Gasteiger partial charge in [-0.15, -0.1) is 0 Å². The quantitative estimate of drug-likeness (QED) is 0.549. The van der Waals surface area contributed by atoms with Crippen molar-refractivity contribution < 1.29 is 9.53 Å². The minimum atomic E-state index is -0.0119. The van der Waals surface area contributed by atoms with Crippen LogP contribution in [-0.4, -0.2) is 11.9 Å². The first-order valence-corrected chi connectivity index (χ1v) is 3.53. The lowest BCUT2D eigenvalue weighted by Gasteiger charge is -1.97. The Balaban J connectivity index is 2.10. The normalized spacial score (nSPS) is 38.2. The third kappa shape index (κ3) is 0.758. The number of fused-ring (bicyclic) bond motifs is 1. The Morgan fingerprint density at radius 1 is 1.82 bits per heavy atom. The fourth-order valence-electron chi connectivity index (χ4n) is 1.58. The summed E-state index contributed by atoms with van der Waals surface area (Å²) in [5.41, 5.74) is 0. The molecule has 0 unspecified atom stereocenters. The number of nitriles is 1. The standard InChI is InChI=1S/C8H7NO2/c1-4(10)7-6-2-5(3-9)11-8(6)7/h2,6-8H,1H3/t6-,7-,8-/m1/s1. The number of ether oxygens (including phenoxy) is 1. The summed E-state index contributed by atoms with van der Waals surface area (Å²) in [6.07, 6.45) is 1.73. The van der Waals surface area contributed by atoms with Crippen LogP contribution in [0, 0.1) is 23.2 Å². The van der Waals surface area contributed by atoms with E-state index in [1.165, 1.54) is 0 Å². The van der Waals surface area contributed by atoms with Crippen molar-refractivity contribution in [3.8, 4) is 6.07 Å². The Hall–Kier alpha value is -1.30. The van der Waals surface area contributed by atoms with E-state index in [9.17, 15) is 4.79 Å². The third-order valence-electron chi connectivity index (χ3n) is 2.19. The second kappa shape index (κ2) is 1.85. The fourth-order valence-corrected chi connectivity index (χ4v) is 1.58. The van der Waals surface area contributed by atoms with Gasteiger partial charge in [-0.1, -0.05) is 0 Å². The van der Waals surface area contributed by atoms with Crippen LogP contribution in [0.5, 0.6) is 0 Å². The third-order valence-corrected chi connectivity index (χ3v) is 2.19. The Morgan fingerprint density at radius 2 is 2.55 bits per heavy atom. The molecule has 0 bridgehead atoms. The number of ketones is 1. The summed E-state index contributed by atoms with van der Waals surface area (Å²) < 4.78 is 5.14. The largest absolute Gasteiger partial charge is 0.479 e. The summed E-state index contributed by atoms with van der Waals surface area (Å²) in [6.45, 7) is 1.56. The van der Waals surface area contributed by atoms with Gasteiger partial charge >= 0.3 is 0 Å². The molecule has 0 saturated heterocycles. The van der Waals surface area contributed by atoms with E-state index in [2.05, 4.69) is 0 Å². The molecule has 11 heavy (non-hydrogen) atoms. The number of allylic oxidation sites excluding steroid dienone is 1. The lowest BCUT2D eigenvalue weighted by molar-refractivity contribution is -0.119. The molecule has 0 aromatic heterocycles. The fraction of sp³-hybridized carbons (Fsp3) is 0.500. The maximum absolute atomic E-state index is 10.8. The maximum Gasteiger partial charge on any atom is 0.193 e. The van der Waals surface area contributed by atoms with Gasteiger partial charge in [0.1, 0.15) is 18.0 Å². The van der Waals surface area contributed by atoms with Crippen LogP contribution in [0.3, 0.4) is 0 Å². The van der Waals surface area contributed by atoms with Gasteiger partial charge in [0.25, 0.3) is 0 Å². The van der Waals surface area contributed by atoms with E-state index < -0.39 is 0 Å². The molecule has 1 heterocycles. The average Bonchev–Trinajstić information content (AvgIpc) is 2.48. The maximum atomic E-state index is 10.8. The molecule has 1 fully saturated rings. The smallest absolute Gasteiger partial charge is 0.193 e. The monoisotopic (exact) mass is 149 g/mol. The Labute approximate surface area is 64.3 Å². The molecule has 3 nitrogen and oxygen atoms in total. The minimum absolute atomic E-state index is 0.0119. The van der Waals surface area contributed by atoms with Gasteiger partial charge in [0.05, 0.1) is 5.92 Å². The predicted octanol–water partition coefficient (Wildman–Crippen LogP) is 0.628. The van der Waals surface area contributed by atoms with Gasteiger partial charge < -0.3 is 4.74 Å². The summed E-state index contributed by atoms with van der Waals surface area (Å²) in [6, 6.07) is 1.91. The van der Waals surface area contributed by atoms with Gasteiger partial charge in [-0.2, -0.15) is 5.26 Å². The number of carbonyl (C=O) groups is 1. The highest BCUT2D eigenvalue weighted by molar-refractivity contribution is 5.83. The van der Waals surface area contributed by atoms with Crippen molar-refractivity contribution in [3.63, 3.8) is 0 Å². The zero-order valence-corrected chi connectivity index (χ0v) is 6.07. The molecule has 0 N–H and O–H groups in total. The summed E-state index contributed by atoms with van der Waals surface area (Å²) in [7, 11) is 0. The highest BCUT2D eigenvalue weighted by Gasteiger charge is 2.58. The molecule has 0 radical (unpaired) electrons. The molecule has 1 aliphatic heterocycles. The van der Waals surface area contributed by atoms with E-state index in [1.807, 2.05) is 6.07 Å². The van der Waals surface area contributed by atoms with Gasteiger partial charge in [-0.25, -0.2) is 0 Å². The molecule has 3 atom stereocenters.